The van der Waals surface area contributed by atoms with Crippen LogP contribution in [-0.2, 0) is 10.8 Å². The van der Waals surface area contributed by atoms with Gasteiger partial charge < -0.3 is 15.4 Å². The summed E-state index contributed by atoms with van der Waals surface area (Å²) < 4.78 is 0. The van der Waals surface area contributed by atoms with Gasteiger partial charge in [-0.25, -0.2) is 0 Å². The zero-order chi connectivity index (χ0) is 16.5. The summed E-state index contributed by atoms with van der Waals surface area (Å²) in [6, 6.07) is 17.6. The van der Waals surface area contributed by atoms with Crippen LogP contribution < -0.4 is 10.6 Å². The molecule has 22 heavy (non-hydrogen) atoms. The van der Waals surface area contributed by atoms with Gasteiger partial charge in [-0.3, -0.25) is 0 Å². The van der Waals surface area contributed by atoms with Crippen molar-refractivity contribution < 1.29 is 0 Å². The predicted molar refractivity (Wildman–Crippen MR) is 102 cm³/mol. The lowest BCUT2D eigenvalue weighted by Gasteiger charge is -2.30. The molecule has 0 unspecified atom stereocenters. The van der Waals surface area contributed by atoms with Crippen LogP contribution in [0.15, 0.2) is 48.5 Å². The van der Waals surface area contributed by atoms with Crippen LogP contribution in [0.5, 0.6) is 0 Å². The standard InChI is InChI=1S/C20H26BP/c1-19(2,3)15-7-11-17(12-8-15)22(21)18-13-9-16(10-14-18)20(4,5)6/h7-14H,1-6H3/q-1. The second-order valence-electron chi connectivity index (χ2n) is 7.96. The zero-order valence-corrected chi connectivity index (χ0v) is 15.5. The summed E-state index contributed by atoms with van der Waals surface area (Å²) in [6.45, 7) is 13.4. The summed E-state index contributed by atoms with van der Waals surface area (Å²) in [5.74, 6) is 0. The molecule has 0 spiro atoms. The molecule has 0 saturated heterocycles. The molecule has 0 N–H and O–H groups in total. The third-order valence-corrected chi connectivity index (χ3v) is 5.73. The van der Waals surface area contributed by atoms with Crippen molar-refractivity contribution in [3.8, 4) is 0 Å². The Morgan fingerprint density at radius 2 is 0.864 bits per heavy atom. The van der Waals surface area contributed by atoms with Gasteiger partial charge in [-0.05, 0) is 22.0 Å². The number of hydrogen-bond acceptors (Lipinski definition) is 0. The molecule has 2 heteroatoms. The Hall–Kier alpha value is -1.07. The van der Waals surface area contributed by atoms with E-state index in [4.69, 9.17) is 7.57 Å². The first kappa shape index (κ1) is 17.3. The Bertz CT molecular complexity index is 555. The smallest absolute Gasteiger partial charge is 0.0132 e. The third-order valence-electron chi connectivity index (χ3n) is 4.02. The van der Waals surface area contributed by atoms with Gasteiger partial charge >= 0.3 is 0 Å². The van der Waals surface area contributed by atoms with Crippen LogP contribution in [0.1, 0.15) is 52.7 Å². The first-order chi connectivity index (χ1) is 10.1. The molecule has 0 aliphatic heterocycles. The molecule has 0 heterocycles. The fourth-order valence-corrected chi connectivity index (χ4v) is 3.63. The van der Waals surface area contributed by atoms with Crippen LogP contribution in [0.4, 0.5) is 0 Å². The van der Waals surface area contributed by atoms with Gasteiger partial charge in [-0.2, -0.15) is 0 Å². The highest BCUT2D eigenvalue weighted by atomic mass is 31.1. The van der Waals surface area contributed by atoms with Crippen molar-refractivity contribution in [2.24, 2.45) is 0 Å². The van der Waals surface area contributed by atoms with E-state index in [0.29, 0.717) is 0 Å². The molecular weight excluding hydrogens is 282 g/mol. The van der Waals surface area contributed by atoms with Gasteiger partial charge in [-0.15, -0.1) is 0 Å². The second-order valence-corrected chi connectivity index (χ2v) is 9.74. The van der Waals surface area contributed by atoms with E-state index in [2.05, 4.69) is 90.1 Å². The maximum Gasteiger partial charge on any atom is -0.0132 e. The van der Waals surface area contributed by atoms with E-state index in [1.165, 1.54) is 21.7 Å². The molecule has 3 radical (unpaired) electrons. The van der Waals surface area contributed by atoms with Gasteiger partial charge in [-0.1, -0.05) is 101 Å². The van der Waals surface area contributed by atoms with E-state index >= 15 is 0 Å². The van der Waals surface area contributed by atoms with Gasteiger partial charge in [0.1, 0.15) is 0 Å². The highest BCUT2D eigenvalue weighted by Gasteiger charge is 2.14. The molecule has 2 rings (SSSR count). The van der Waals surface area contributed by atoms with E-state index < -0.39 is 7.80 Å². The Balaban J connectivity index is 2.23. The minimum Gasteiger partial charge on any atom is -0.567 e. The number of hydrogen-bond donors (Lipinski definition) is 0. The first-order valence-electron chi connectivity index (χ1n) is 7.85. The molecule has 0 atom stereocenters. The van der Waals surface area contributed by atoms with E-state index in [0.717, 1.165) is 0 Å². The summed E-state index contributed by atoms with van der Waals surface area (Å²) in [7, 11) is 5.73. The lowest BCUT2D eigenvalue weighted by Crippen LogP contribution is -2.16. The van der Waals surface area contributed by atoms with Crippen molar-refractivity contribution in [1.82, 2.24) is 0 Å². The predicted octanol–water partition coefficient (Wildman–Crippen LogP) is 4.80. The summed E-state index contributed by atoms with van der Waals surface area (Å²) in [6.07, 6.45) is 0. The highest BCUT2D eigenvalue weighted by Crippen LogP contribution is 2.30. The van der Waals surface area contributed by atoms with Crippen molar-refractivity contribution in [2.45, 2.75) is 52.4 Å². The largest absolute Gasteiger partial charge is 0.567 e. The molecule has 0 saturated carbocycles. The molecule has 0 aromatic heterocycles. The third kappa shape index (κ3) is 4.02. The van der Waals surface area contributed by atoms with E-state index in [9.17, 15) is 0 Å². The molecule has 115 valence electrons. The summed E-state index contributed by atoms with van der Waals surface area (Å²) >= 11 is 0. The van der Waals surface area contributed by atoms with Crippen LogP contribution in [0, 0.1) is 0 Å². The molecule has 0 fully saturated rings. The lowest BCUT2D eigenvalue weighted by atomic mass is 9.87. The fraction of sp³-hybridized carbons (Fsp3) is 0.400. The number of benzene rings is 2. The monoisotopic (exact) mass is 308 g/mol. The van der Waals surface area contributed by atoms with Crippen molar-refractivity contribution in [3.05, 3.63) is 59.7 Å². The van der Waals surface area contributed by atoms with Crippen molar-refractivity contribution in [2.75, 3.05) is 0 Å². The number of rotatable bonds is 2. The molecule has 0 bridgehead atoms. The normalized spacial score (nSPS) is 12.7. The van der Waals surface area contributed by atoms with Gasteiger partial charge in [0.05, 0.1) is 0 Å². The van der Waals surface area contributed by atoms with Crippen molar-refractivity contribution in [3.63, 3.8) is 0 Å². The average Bonchev–Trinajstić information content (AvgIpc) is 2.45. The molecule has 0 amide bonds. The van der Waals surface area contributed by atoms with Crippen LogP contribution in [0.2, 0.25) is 0 Å². The Morgan fingerprint density at radius 3 is 1.09 bits per heavy atom. The SMILES string of the molecule is [B-]P(c1ccc(C(C)(C)C)cc1)c1ccc(C(C)(C)C)cc1. The highest BCUT2D eigenvalue weighted by molar-refractivity contribution is 7.94. The molecule has 0 nitrogen and oxygen atoms in total. The van der Waals surface area contributed by atoms with E-state index in [1.54, 1.807) is 0 Å². The molecule has 2 aromatic carbocycles. The van der Waals surface area contributed by atoms with Gasteiger partial charge in [0.2, 0.25) is 0 Å². The quantitative estimate of drug-likeness (QED) is 0.552. The van der Waals surface area contributed by atoms with Crippen LogP contribution in [-0.4, -0.2) is 7.57 Å². The zero-order valence-electron chi connectivity index (χ0n) is 14.6. The van der Waals surface area contributed by atoms with Crippen LogP contribution in [0.25, 0.3) is 0 Å². The van der Waals surface area contributed by atoms with Gasteiger partial charge in [0.25, 0.3) is 0 Å². The second kappa shape index (κ2) is 6.21. The fourth-order valence-electron chi connectivity index (χ4n) is 2.39. The van der Waals surface area contributed by atoms with Gasteiger partial charge in [0, 0.05) is 0 Å². The average molecular weight is 308 g/mol. The minimum atomic E-state index is -0.767. The van der Waals surface area contributed by atoms with Crippen molar-refractivity contribution >= 4 is 26.0 Å². The molecule has 2 aromatic rings. The Labute approximate surface area is 138 Å². The lowest BCUT2D eigenvalue weighted by molar-refractivity contribution is 0.590. The summed E-state index contributed by atoms with van der Waals surface area (Å²) in [4.78, 5) is 0. The van der Waals surface area contributed by atoms with Crippen LogP contribution in [0.3, 0.4) is 0 Å². The van der Waals surface area contributed by atoms with E-state index in [1.807, 2.05) is 0 Å². The maximum atomic E-state index is 6.50. The first-order valence-corrected chi connectivity index (χ1v) is 9.26. The van der Waals surface area contributed by atoms with E-state index in [-0.39, 0.29) is 10.8 Å². The Kier molecular flexibility index (Phi) is 4.88. The van der Waals surface area contributed by atoms with Gasteiger partial charge in [0.15, 0.2) is 0 Å². The molecule has 0 aliphatic carbocycles. The Morgan fingerprint density at radius 1 is 0.591 bits per heavy atom. The summed E-state index contributed by atoms with van der Waals surface area (Å²) in [5.41, 5.74) is 3.07. The molecule has 0 aliphatic rings. The van der Waals surface area contributed by atoms with Crippen LogP contribution >= 0.6 is 7.80 Å². The topological polar surface area (TPSA) is 0 Å². The summed E-state index contributed by atoms with van der Waals surface area (Å²) in [5, 5.41) is 2.46. The minimum absolute atomic E-state index is 0.185. The van der Waals surface area contributed by atoms with Crippen molar-refractivity contribution in [1.29, 1.82) is 0 Å². The molecular formula is C20H26BP-. The maximum absolute atomic E-state index is 6.50.